The zero-order valence-corrected chi connectivity index (χ0v) is 19.6. The van der Waals surface area contributed by atoms with Gasteiger partial charge in [-0.15, -0.1) is 13.1 Å². The van der Waals surface area contributed by atoms with Crippen molar-refractivity contribution in [3.8, 4) is 0 Å². The van der Waals surface area contributed by atoms with Gasteiger partial charge in [-0.05, 0) is 12.1 Å². The number of fused-ring (bicyclic) bond motifs is 4. The van der Waals surface area contributed by atoms with Crippen molar-refractivity contribution in [1.29, 1.82) is 0 Å². The molecule has 4 atom stereocenters. The monoisotopic (exact) mass is 486 g/mol. The summed E-state index contributed by atoms with van der Waals surface area (Å²) in [6, 6.07) is 7.81. The molecule has 29 heavy (non-hydrogen) atoms. The summed E-state index contributed by atoms with van der Waals surface area (Å²) in [7, 11) is 9.59. The molecule has 4 rings (SSSR count). The first-order valence-corrected chi connectivity index (χ1v) is 14.0. The quantitative estimate of drug-likeness (QED) is 0.348. The zero-order valence-electron chi connectivity index (χ0n) is 16.9. The fraction of sp³-hybridized carbons (Fsp3) is 0.762. The van der Waals surface area contributed by atoms with Gasteiger partial charge in [0.1, 0.15) is 0 Å². The van der Waals surface area contributed by atoms with Crippen molar-refractivity contribution in [3.05, 3.63) is 50.9 Å². The second kappa shape index (κ2) is 13.5. The van der Waals surface area contributed by atoms with E-state index in [9.17, 15) is 0 Å². The Morgan fingerprint density at radius 3 is 1.52 bits per heavy atom. The average Bonchev–Trinajstić information content (AvgIpc) is 2.76. The van der Waals surface area contributed by atoms with E-state index in [2.05, 4.69) is 18.2 Å². The molecule has 1 aromatic rings. The van der Waals surface area contributed by atoms with Crippen molar-refractivity contribution in [2.24, 2.45) is 0 Å². The van der Waals surface area contributed by atoms with E-state index < -0.39 is 0 Å². The number of hydrogen-bond acceptors (Lipinski definition) is 1. The minimum atomic E-state index is 0. The fourth-order valence-corrected chi connectivity index (χ4v) is 4.61. The van der Waals surface area contributed by atoms with Crippen molar-refractivity contribution >= 4 is 20.2 Å². The van der Waals surface area contributed by atoms with Crippen LogP contribution >= 0.6 is 20.2 Å². The Balaban J connectivity index is 0. The van der Waals surface area contributed by atoms with E-state index in [1.54, 1.807) is 0 Å². The van der Waals surface area contributed by atoms with Crippen LogP contribution in [-0.2, 0) is 26.2 Å². The summed E-state index contributed by atoms with van der Waals surface area (Å²) in [6.07, 6.45) is 9.84. The van der Waals surface area contributed by atoms with Gasteiger partial charge in [-0.2, -0.15) is 37.3 Å². The second-order valence-electron chi connectivity index (χ2n) is 8.01. The molecule has 0 saturated heterocycles. The van der Waals surface area contributed by atoms with E-state index in [0.717, 1.165) is 24.5 Å². The molecule has 0 aromatic carbocycles. The molecule has 0 radical (unpaired) electrons. The van der Waals surface area contributed by atoms with Crippen LogP contribution in [0.3, 0.4) is 0 Å². The molecule has 2 unspecified atom stereocenters. The predicted molar refractivity (Wildman–Crippen MR) is 127 cm³/mol. The normalized spacial score (nSPS) is 31.1. The molecule has 8 heteroatoms. The number of nitrogens with zero attached hydrogens (tertiary/aromatic N) is 5. The number of aromatic nitrogens is 1. The zero-order chi connectivity index (χ0) is 20.3. The molecule has 0 spiro atoms. The van der Waals surface area contributed by atoms with Crippen LogP contribution in [0.5, 0.6) is 0 Å². The SMILES string of the molecule is [Cl][Mn][Cl].[HH].[HH].[HH].[HH].c1cc2nc(c1)C[N-][C@@H]1CCCC[C@H]1[N-]CC[N-]C1CCCCC1[N-]C2. The Hall–Kier alpha value is 0.0895. The van der Waals surface area contributed by atoms with Gasteiger partial charge in [-0.3, -0.25) is 4.98 Å². The van der Waals surface area contributed by atoms with E-state index in [-0.39, 0.29) is 18.8 Å². The number of pyridine rings is 1. The van der Waals surface area contributed by atoms with Gasteiger partial charge in [0.15, 0.2) is 0 Å². The third-order valence-corrected chi connectivity index (χ3v) is 6.06. The summed E-state index contributed by atoms with van der Waals surface area (Å²) in [5, 5.41) is 19.9. The van der Waals surface area contributed by atoms with Gasteiger partial charge < -0.3 is 21.3 Å². The molecule has 2 bridgehead atoms. The van der Waals surface area contributed by atoms with Crippen molar-refractivity contribution in [1.82, 2.24) is 4.98 Å². The third kappa shape index (κ3) is 7.93. The van der Waals surface area contributed by atoms with Gasteiger partial charge in [-0.25, -0.2) is 0 Å². The molecule has 173 valence electrons. The number of rotatable bonds is 0. The predicted octanol–water partition coefficient (Wildman–Crippen LogP) is 7.57. The first-order chi connectivity index (χ1) is 14.3. The average molecular weight is 487 g/mol. The van der Waals surface area contributed by atoms with E-state index in [1.807, 2.05) is 0 Å². The first kappa shape index (κ1) is 23.7. The van der Waals surface area contributed by atoms with Crippen molar-refractivity contribution in [2.45, 2.75) is 88.6 Å². The molecule has 2 saturated carbocycles. The van der Waals surface area contributed by atoms with Gasteiger partial charge >= 0.3 is 33.3 Å². The van der Waals surface area contributed by atoms with Crippen molar-refractivity contribution in [2.75, 3.05) is 13.1 Å². The maximum atomic E-state index is 4.99. The Labute approximate surface area is 196 Å². The third-order valence-electron chi connectivity index (χ3n) is 6.06. The molecule has 1 aromatic heterocycles. The molecule has 0 N–H and O–H groups in total. The standard InChI is InChI=1S/C21H31N5.2ClH.Mn.4H2/c1-3-10-20-18(8-1)22-12-13-23-19-9-2-4-11-21(19)25-15-17-7-5-6-16(26-17)14-24-20;;;;;;;/h5-7,18-21H,1-4,8-15H2;2*1H;;4*1H/q-4;;;+2;;;;/p-2/t18-,19?,20-,21?;;;;;;;/m1......./s1. The largest absolute Gasteiger partial charge is 0.662 e. The molecular weight excluding hydrogens is 448 g/mol. The Bertz CT molecular complexity index is 566. The fourth-order valence-electron chi connectivity index (χ4n) is 4.61. The molecule has 3 aliphatic rings. The van der Waals surface area contributed by atoms with Gasteiger partial charge in [0, 0.05) is 17.1 Å². The van der Waals surface area contributed by atoms with E-state index in [4.69, 9.17) is 46.4 Å². The summed E-state index contributed by atoms with van der Waals surface area (Å²) in [5.74, 6) is 0. The Kier molecular flexibility index (Phi) is 11.0. The molecule has 0 amide bonds. The molecule has 2 heterocycles. The first-order valence-electron chi connectivity index (χ1n) is 10.8. The minimum absolute atomic E-state index is 0. The van der Waals surface area contributed by atoms with Crippen LogP contribution in [0.1, 0.15) is 68.5 Å². The van der Waals surface area contributed by atoms with Crippen molar-refractivity contribution < 1.29 is 18.8 Å². The Morgan fingerprint density at radius 2 is 1.10 bits per heavy atom. The maximum absolute atomic E-state index is 4.99. The van der Waals surface area contributed by atoms with Crippen LogP contribution in [0.2, 0.25) is 0 Å². The number of hydrogen-bond donors (Lipinski definition) is 0. The smallest absolute Gasteiger partial charge is 0.0201 e. The van der Waals surface area contributed by atoms with E-state index in [0.29, 0.717) is 37.3 Å². The van der Waals surface area contributed by atoms with Crippen LogP contribution in [0.4, 0.5) is 0 Å². The van der Waals surface area contributed by atoms with Crippen LogP contribution in [0.25, 0.3) is 21.3 Å². The summed E-state index contributed by atoms with van der Waals surface area (Å²) >= 11 is 0.00694. The van der Waals surface area contributed by atoms with Crippen LogP contribution in [0.15, 0.2) is 18.2 Å². The second-order valence-corrected chi connectivity index (χ2v) is 9.96. The van der Waals surface area contributed by atoms with Gasteiger partial charge in [0.25, 0.3) is 0 Å². The minimum Gasteiger partial charge on any atom is -0.662 e. The van der Waals surface area contributed by atoms with Gasteiger partial charge in [0.2, 0.25) is 0 Å². The topological polar surface area (TPSA) is 69.3 Å². The number of halogens is 2. The maximum Gasteiger partial charge on any atom is 0.0201 e. The summed E-state index contributed by atoms with van der Waals surface area (Å²) in [5.41, 5.74) is 2.14. The molecule has 2 aliphatic carbocycles. The van der Waals surface area contributed by atoms with E-state index in [1.165, 1.54) is 51.4 Å². The molecule has 5 nitrogen and oxygen atoms in total. The molecule has 2 fully saturated rings. The van der Waals surface area contributed by atoms with Crippen LogP contribution in [-0.4, -0.2) is 42.2 Å². The van der Waals surface area contributed by atoms with Crippen LogP contribution in [0, 0.1) is 0 Å². The molecule has 1 aliphatic heterocycles. The summed E-state index contributed by atoms with van der Waals surface area (Å²) in [6.45, 7) is 3.12. The molecular formula is C21H39Cl2MnN5-4. The summed E-state index contributed by atoms with van der Waals surface area (Å²) < 4.78 is 0. The van der Waals surface area contributed by atoms with E-state index >= 15 is 0 Å². The summed E-state index contributed by atoms with van der Waals surface area (Å²) in [4.78, 5) is 4.81. The van der Waals surface area contributed by atoms with Gasteiger partial charge in [0.05, 0.1) is 0 Å². The van der Waals surface area contributed by atoms with Crippen LogP contribution < -0.4 is 0 Å². The Morgan fingerprint density at radius 1 is 0.724 bits per heavy atom. The van der Waals surface area contributed by atoms with Crippen molar-refractivity contribution in [3.63, 3.8) is 0 Å². The van der Waals surface area contributed by atoms with Gasteiger partial charge in [-0.1, -0.05) is 57.4 Å².